The van der Waals surface area contributed by atoms with Gasteiger partial charge >= 0.3 is 5.69 Å². The third-order valence-corrected chi connectivity index (χ3v) is 3.21. The molecule has 1 aromatic rings. The van der Waals surface area contributed by atoms with Crippen LogP contribution in [0, 0.1) is 0 Å². The van der Waals surface area contributed by atoms with Gasteiger partial charge in [-0.3, -0.25) is 14.2 Å². The Kier molecular flexibility index (Phi) is 3.86. The van der Waals surface area contributed by atoms with Crippen LogP contribution in [-0.4, -0.2) is 24.2 Å². The molecule has 1 heterocycles. The third-order valence-electron chi connectivity index (χ3n) is 2.02. The first kappa shape index (κ1) is 13.6. The van der Waals surface area contributed by atoms with Gasteiger partial charge in [0.15, 0.2) is 4.90 Å². The summed E-state index contributed by atoms with van der Waals surface area (Å²) in [6.45, 7) is 1.70. The predicted molar refractivity (Wildman–Crippen MR) is 58.9 cm³/mol. The molecule has 0 radical (unpaired) electrons. The summed E-state index contributed by atoms with van der Waals surface area (Å²) in [4.78, 5) is 28.8. The van der Waals surface area contributed by atoms with E-state index in [1.54, 1.807) is 11.8 Å². The van der Waals surface area contributed by atoms with Gasteiger partial charge in [-0.25, -0.2) is 13.2 Å². The van der Waals surface area contributed by atoms with Gasteiger partial charge in [0.25, 0.3) is 15.6 Å². The van der Waals surface area contributed by atoms with Crippen molar-refractivity contribution in [1.29, 1.82) is 0 Å². The molecule has 0 amide bonds. The van der Waals surface area contributed by atoms with Crippen LogP contribution in [0.15, 0.2) is 20.7 Å². The van der Waals surface area contributed by atoms with Crippen molar-refractivity contribution in [2.24, 2.45) is 14.1 Å². The highest BCUT2D eigenvalue weighted by Crippen LogP contribution is 1.99. The number of hydrogen-bond donors (Lipinski definition) is 1. The molecule has 1 rings (SSSR count). The molecule has 8 nitrogen and oxygen atoms in total. The van der Waals surface area contributed by atoms with Crippen LogP contribution in [0.25, 0.3) is 0 Å². The molecule has 0 aliphatic heterocycles. The number of aromatic nitrogens is 2. The van der Waals surface area contributed by atoms with E-state index in [1.807, 2.05) is 0 Å². The zero-order valence-corrected chi connectivity index (χ0v) is 10.4. The van der Waals surface area contributed by atoms with Gasteiger partial charge in [-0.1, -0.05) is 4.89 Å². The minimum Gasteiger partial charge on any atom is -0.302 e. The van der Waals surface area contributed by atoms with Gasteiger partial charge in [0.1, 0.15) is 0 Å². The number of aryl methyl sites for hydroxylation is 1. The number of rotatable bonds is 4. The summed E-state index contributed by atoms with van der Waals surface area (Å²) in [7, 11) is -1.53. The molecule has 9 heteroatoms. The molecular formula is C8H13N3O5S. The van der Waals surface area contributed by atoms with Crippen LogP contribution in [0.5, 0.6) is 0 Å². The van der Waals surface area contributed by atoms with Crippen molar-refractivity contribution in [1.82, 2.24) is 14.0 Å². The first-order chi connectivity index (χ1) is 7.81. The Hall–Kier alpha value is -1.45. The zero-order chi connectivity index (χ0) is 13.2. The number of hydrogen-bond acceptors (Lipinski definition) is 5. The van der Waals surface area contributed by atoms with Crippen molar-refractivity contribution in [2.75, 3.05) is 6.61 Å². The highest BCUT2D eigenvalue weighted by molar-refractivity contribution is 7.89. The minimum atomic E-state index is -4.08. The third kappa shape index (κ3) is 2.62. The summed E-state index contributed by atoms with van der Waals surface area (Å²) in [6.07, 6.45) is 0.950. The number of sulfonamides is 1. The van der Waals surface area contributed by atoms with Gasteiger partial charge < -0.3 is 4.57 Å². The van der Waals surface area contributed by atoms with Crippen molar-refractivity contribution in [3.8, 4) is 0 Å². The Morgan fingerprint density at radius 1 is 1.35 bits per heavy atom. The van der Waals surface area contributed by atoms with Crippen molar-refractivity contribution in [3.63, 3.8) is 0 Å². The lowest BCUT2D eigenvalue weighted by Gasteiger charge is -2.08. The predicted octanol–water partition coefficient (Wildman–Crippen LogP) is -1.69. The molecule has 0 atom stereocenters. The van der Waals surface area contributed by atoms with Crippen LogP contribution in [0.4, 0.5) is 0 Å². The average molecular weight is 263 g/mol. The molecule has 0 spiro atoms. The second-order valence-corrected chi connectivity index (χ2v) is 4.88. The Morgan fingerprint density at radius 3 is 2.47 bits per heavy atom. The van der Waals surface area contributed by atoms with Crippen LogP contribution in [0.1, 0.15) is 6.92 Å². The van der Waals surface area contributed by atoms with Crippen LogP contribution >= 0.6 is 0 Å². The standard InChI is InChI=1S/C8H13N3O5S/c1-4-16-9-17(14,15)6-5-10(2)8(13)11(3)7(6)12/h5,9H,4H2,1-3H3. The van der Waals surface area contributed by atoms with Gasteiger partial charge in [-0.05, 0) is 6.92 Å². The first-order valence-corrected chi connectivity index (χ1v) is 6.20. The lowest BCUT2D eigenvalue weighted by Crippen LogP contribution is -2.41. The van der Waals surface area contributed by atoms with Crippen molar-refractivity contribution in [2.45, 2.75) is 11.8 Å². The normalized spacial score (nSPS) is 11.7. The first-order valence-electron chi connectivity index (χ1n) is 4.71. The fourth-order valence-electron chi connectivity index (χ4n) is 1.14. The number of nitrogens with zero attached hydrogens (tertiary/aromatic N) is 2. The molecule has 0 aliphatic rings. The lowest BCUT2D eigenvalue weighted by atomic mass is 10.6. The highest BCUT2D eigenvalue weighted by atomic mass is 32.2. The van der Waals surface area contributed by atoms with E-state index in [9.17, 15) is 18.0 Å². The fourth-order valence-corrected chi connectivity index (χ4v) is 2.17. The molecule has 0 fully saturated rings. The van der Waals surface area contributed by atoms with Gasteiger partial charge in [-0.15, -0.1) is 0 Å². The minimum absolute atomic E-state index is 0.116. The van der Waals surface area contributed by atoms with Gasteiger partial charge in [0.05, 0.1) is 6.61 Å². The second kappa shape index (κ2) is 4.82. The van der Waals surface area contributed by atoms with E-state index < -0.39 is 26.2 Å². The maximum absolute atomic E-state index is 11.7. The summed E-state index contributed by atoms with van der Waals surface area (Å²) in [5, 5.41) is 0. The van der Waals surface area contributed by atoms with Gasteiger partial charge in [0, 0.05) is 20.3 Å². The monoisotopic (exact) mass is 263 g/mol. The van der Waals surface area contributed by atoms with Crippen LogP contribution in [-0.2, 0) is 29.0 Å². The Balaban J connectivity index is 3.44. The molecular weight excluding hydrogens is 250 g/mol. The summed E-state index contributed by atoms with van der Waals surface area (Å²) in [5.74, 6) is 0. The Labute approximate surface area is 97.5 Å². The molecule has 0 aromatic carbocycles. The van der Waals surface area contributed by atoms with Crippen LogP contribution < -0.4 is 16.1 Å². The average Bonchev–Trinajstić information content (AvgIpc) is 2.28. The number of nitrogens with one attached hydrogen (secondary N) is 1. The van der Waals surface area contributed by atoms with E-state index in [1.165, 1.54) is 14.1 Å². The maximum Gasteiger partial charge on any atom is 0.330 e. The Morgan fingerprint density at radius 2 is 1.94 bits per heavy atom. The zero-order valence-electron chi connectivity index (χ0n) is 9.63. The molecule has 17 heavy (non-hydrogen) atoms. The molecule has 1 N–H and O–H groups in total. The molecule has 0 saturated carbocycles. The van der Waals surface area contributed by atoms with E-state index in [0.717, 1.165) is 10.8 Å². The van der Waals surface area contributed by atoms with Crippen molar-refractivity contribution < 1.29 is 13.3 Å². The fraction of sp³-hybridized carbons (Fsp3) is 0.500. The quantitative estimate of drug-likeness (QED) is 0.654. The Bertz CT molecular complexity index is 628. The van der Waals surface area contributed by atoms with Crippen LogP contribution in [0.2, 0.25) is 0 Å². The van der Waals surface area contributed by atoms with E-state index in [2.05, 4.69) is 4.84 Å². The summed E-state index contributed by atoms with van der Waals surface area (Å²) in [5.41, 5.74) is -1.51. The van der Waals surface area contributed by atoms with E-state index in [4.69, 9.17) is 0 Å². The smallest absolute Gasteiger partial charge is 0.302 e. The largest absolute Gasteiger partial charge is 0.330 e. The van der Waals surface area contributed by atoms with Crippen molar-refractivity contribution in [3.05, 3.63) is 27.0 Å². The topological polar surface area (TPSA) is 99.4 Å². The van der Waals surface area contributed by atoms with E-state index >= 15 is 0 Å². The highest BCUT2D eigenvalue weighted by Gasteiger charge is 2.21. The van der Waals surface area contributed by atoms with E-state index in [0.29, 0.717) is 4.57 Å². The molecule has 0 bridgehead atoms. The molecule has 0 aliphatic carbocycles. The molecule has 0 unspecified atom stereocenters. The maximum atomic E-state index is 11.7. The van der Waals surface area contributed by atoms with Gasteiger partial charge in [0.2, 0.25) is 0 Å². The molecule has 96 valence electrons. The second-order valence-electron chi connectivity index (χ2n) is 3.27. The van der Waals surface area contributed by atoms with Crippen molar-refractivity contribution >= 4 is 10.0 Å². The van der Waals surface area contributed by atoms with Gasteiger partial charge in [-0.2, -0.15) is 0 Å². The summed E-state index contributed by atoms with van der Waals surface area (Å²) >= 11 is 0. The van der Waals surface area contributed by atoms with Crippen LogP contribution in [0.3, 0.4) is 0 Å². The SMILES string of the molecule is CCONS(=O)(=O)c1cn(C)c(=O)n(C)c1=O. The molecule has 1 aromatic heterocycles. The van der Waals surface area contributed by atoms with E-state index in [-0.39, 0.29) is 6.61 Å². The summed E-state index contributed by atoms with van der Waals surface area (Å²) in [6, 6.07) is 0. The lowest BCUT2D eigenvalue weighted by molar-refractivity contribution is 0.105. The summed E-state index contributed by atoms with van der Waals surface area (Å²) < 4.78 is 25.0. The molecule has 0 saturated heterocycles.